The van der Waals surface area contributed by atoms with E-state index in [1.807, 2.05) is 6.07 Å². The maximum Gasteiger partial charge on any atom is 0.417 e. The molecule has 0 spiro atoms. The molecule has 0 radical (unpaired) electrons. The summed E-state index contributed by atoms with van der Waals surface area (Å²) in [6.07, 6.45) is 1.33. The molecule has 10 heteroatoms. The summed E-state index contributed by atoms with van der Waals surface area (Å²) in [7, 11) is -3.77. The number of pyridine rings is 1. The number of hydrogen-bond acceptors (Lipinski definition) is 5. The number of piperidine rings is 1. The van der Waals surface area contributed by atoms with Gasteiger partial charge in [-0.25, -0.2) is 13.2 Å². The van der Waals surface area contributed by atoms with Gasteiger partial charge in [0, 0.05) is 30.4 Å². The van der Waals surface area contributed by atoms with Crippen molar-refractivity contribution in [3.63, 3.8) is 0 Å². The molecule has 5 rings (SSSR count). The zero-order valence-electron chi connectivity index (χ0n) is 19.6. The Labute approximate surface area is 211 Å². The summed E-state index contributed by atoms with van der Waals surface area (Å²) >= 11 is 0. The van der Waals surface area contributed by atoms with Crippen LogP contribution >= 0.6 is 0 Å². The Balaban J connectivity index is 1.41. The molecule has 0 saturated carbocycles. The van der Waals surface area contributed by atoms with E-state index in [9.17, 15) is 26.4 Å². The molecule has 0 aliphatic carbocycles. The number of sulfonamides is 1. The maximum absolute atomic E-state index is 13.5. The van der Waals surface area contributed by atoms with Gasteiger partial charge in [0.2, 0.25) is 10.0 Å². The summed E-state index contributed by atoms with van der Waals surface area (Å²) in [5, 5.41) is -0.199. The standard InChI is InChI=1S/C27H23F3N2O4S/c28-27(29,30)23-16-26(33)36-25-11-8-19(15-22(23)25)14-18-6-9-21(10-7-18)37(34,35)32-13-2-1-5-24(32)20-4-3-12-31-17-20/h3-4,6-12,15-17,24H,1-2,5,13-14H2. The minimum atomic E-state index is -4.70. The van der Waals surface area contributed by atoms with Gasteiger partial charge in [-0.1, -0.05) is 30.7 Å². The number of fused-ring (bicyclic) bond motifs is 1. The molecule has 4 aromatic rings. The molecule has 2 aromatic carbocycles. The van der Waals surface area contributed by atoms with E-state index < -0.39 is 27.4 Å². The number of benzene rings is 2. The largest absolute Gasteiger partial charge is 0.423 e. The number of halogens is 3. The molecule has 3 heterocycles. The topological polar surface area (TPSA) is 80.5 Å². The lowest BCUT2D eigenvalue weighted by Crippen LogP contribution is -2.38. The first-order valence-electron chi connectivity index (χ1n) is 11.8. The first kappa shape index (κ1) is 25.2. The summed E-state index contributed by atoms with van der Waals surface area (Å²) < 4.78 is 73.8. The van der Waals surface area contributed by atoms with Crippen molar-refractivity contribution in [3.05, 3.63) is 106 Å². The van der Waals surface area contributed by atoms with Gasteiger partial charge in [0.1, 0.15) is 5.58 Å². The van der Waals surface area contributed by atoms with Crippen molar-refractivity contribution in [1.29, 1.82) is 0 Å². The van der Waals surface area contributed by atoms with E-state index in [2.05, 4.69) is 4.98 Å². The Bertz CT molecular complexity index is 1580. The van der Waals surface area contributed by atoms with Crippen molar-refractivity contribution in [2.45, 2.75) is 42.8 Å². The van der Waals surface area contributed by atoms with E-state index in [0.29, 0.717) is 24.6 Å². The van der Waals surface area contributed by atoms with E-state index in [0.717, 1.165) is 24.0 Å². The van der Waals surface area contributed by atoms with Gasteiger partial charge >= 0.3 is 11.8 Å². The zero-order chi connectivity index (χ0) is 26.2. The molecule has 1 aliphatic heterocycles. The van der Waals surface area contributed by atoms with Crippen molar-refractivity contribution in [2.24, 2.45) is 0 Å². The number of alkyl halides is 3. The highest BCUT2D eigenvalue weighted by Gasteiger charge is 2.35. The van der Waals surface area contributed by atoms with Crippen molar-refractivity contribution >= 4 is 21.0 Å². The normalized spacial score (nSPS) is 17.2. The Morgan fingerprint density at radius 1 is 1.00 bits per heavy atom. The maximum atomic E-state index is 13.5. The number of aromatic nitrogens is 1. The fourth-order valence-corrected chi connectivity index (χ4v) is 6.49. The third-order valence-corrected chi connectivity index (χ3v) is 8.50. The van der Waals surface area contributed by atoms with Crippen molar-refractivity contribution in [2.75, 3.05) is 6.54 Å². The van der Waals surface area contributed by atoms with E-state index in [-0.39, 0.29) is 28.3 Å². The molecule has 2 aromatic heterocycles. The average Bonchev–Trinajstić information content (AvgIpc) is 2.89. The monoisotopic (exact) mass is 528 g/mol. The van der Waals surface area contributed by atoms with Gasteiger partial charge < -0.3 is 4.42 Å². The predicted octanol–water partition coefficient (Wildman–Crippen LogP) is 5.71. The van der Waals surface area contributed by atoms with E-state index in [1.54, 1.807) is 36.7 Å². The van der Waals surface area contributed by atoms with Crippen LogP contribution < -0.4 is 5.63 Å². The summed E-state index contributed by atoms with van der Waals surface area (Å²) in [6, 6.07) is 14.5. The van der Waals surface area contributed by atoms with Gasteiger partial charge in [0.05, 0.1) is 16.5 Å². The van der Waals surface area contributed by atoms with E-state index in [4.69, 9.17) is 4.42 Å². The molecule has 0 N–H and O–H groups in total. The van der Waals surface area contributed by atoms with Crippen LogP contribution in [0.5, 0.6) is 0 Å². The van der Waals surface area contributed by atoms with Crippen LogP contribution in [0.3, 0.4) is 0 Å². The van der Waals surface area contributed by atoms with Crippen molar-refractivity contribution in [3.8, 4) is 0 Å². The molecule has 37 heavy (non-hydrogen) atoms. The third kappa shape index (κ3) is 5.17. The highest BCUT2D eigenvalue weighted by atomic mass is 32.2. The smallest absolute Gasteiger partial charge is 0.417 e. The first-order chi connectivity index (χ1) is 17.6. The van der Waals surface area contributed by atoms with Crippen LogP contribution in [0.2, 0.25) is 0 Å². The molecular formula is C27H23F3N2O4S. The predicted molar refractivity (Wildman–Crippen MR) is 131 cm³/mol. The second-order valence-corrected chi connectivity index (χ2v) is 10.9. The lowest BCUT2D eigenvalue weighted by Gasteiger charge is -2.34. The Hall–Kier alpha value is -3.50. The Morgan fingerprint density at radius 2 is 1.76 bits per heavy atom. The Kier molecular flexibility index (Phi) is 6.63. The fourth-order valence-electron chi connectivity index (χ4n) is 4.80. The van der Waals surface area contributed by atoms with Crippen molar-refractivity contribution < 1.29 is 26.0 Å². The second-order valence-electron chi connectivity index (χ2n) is 9.04. The summed E-state index contributed by atoms with van der Waals surface area (Å²) in [4.78, 5) is 15.8. The van der Waals surface area contributed by atoms with E-state index in [1.165, 1.54) is 28.6 Å². The Morgan fingerprint density at radius 3 is 2.46 bits per heavy atom. The quantitative estimate of drug-likeness (QED) is 0.310. The number of rotatable bonds is 5. The van der Waals surface area contributed by atoms with Gasteiger partial charge in [-0.2, -0.15) is 17.5 Å². The SMILES string of the molecule is O=c1cc(C(F)(F)F)c2cc(Cc3ccc(S(=O)(=O)N4CCCCC4c4cccnc4)cc3)ccc2o1. The molecule has 1 fully saturated rings. The van der Waals surface area contributed by atoms with Crippen LogP contribution in [0.4, 0.5) is 13.2 Å². The minimum Gasteiger partial charge on any atom is -0.423 e. The molecule has 1 atom stereocenters. The minimum absolute atomic E-state index is 0.144. The van der Waals surface area contributed by atoms with Gasteiger partial charge in [-0.05, 0) is 66.3 Å². The summed E-state index contributed by atoms with van der Waals surface area (Å²) in [6.45, 7) is 0.415. The molecule has 0 amide bonds. The average molecular weight is 529 g/mol. The second kappa shape index (κ2) is 9.75. The number of nitrogens with zero attached hydrogens (tertiary/aromatic N) is 2. The first-order valence-corrected chi connectivity index (χ1v) is 13.2. The zero-order valence-corrected chi connectivity index (χ0v) is 20.4. The van der Waals surface area contributed by atoms with Gasteiger partial charge in [-0.3, -0.25) is 4.98 Å². The van der Waals surface area contributed by atoms with Crippen LogP contribution in [-0.4, -0.2) is 24.3 Å². The van der Waals surface area contributed by atoms with Crippen LogP contribution in [0, 0.1) is 0 Å². The molecule has 1 saturated heterocycles. The highest BCUT2D eigenvalue weighted by molar-refractivity contribution is 7.89. The fraction of sp³-hybridized carbons (Fsp3) is 0.259. The molecule has 1 aliphatic rings. The van der Waals surface area contributed by atoms with Gasteiger partial charge in [0.25, 0.3) is 0 Å². The van der Waals surface area contributed by atoms with Crippen LogP contribution in [0.15, 0.2) is 87.2 Å². The molecular weight excluding hydrogens is 505 g/mol. The van der Waals surface area contributed by atoms with Gasteiger partial charge in [-0.15, -0.1) is 0 Å². The lowest BCUT2D eigenvalue weighted by atomic mass is 9.99. The molecule has 192 valence electrons. The van der Waals surface area contributed by atoms with Crippen molar-refractivity contribution in [1.82, 2.24) is 9.29 Å². The van der Waals surface area contributed by atoms with Gasteiger partial charge in [0.15, 0.2) is 0 Å². The number of hydrogen-bond donors (Lipinski definition) is 0. The molecule has 1 unspecified atom stereocenters. The lowest BCUT2D eigenvalue weighted by molar-refractivity contribution is -0.136. The van der Waals surface area contributed by atoms with Crippen LogP contribution in [0.1, 0.15) is 47.6 Å². The molecule has 0 bridgehead atoms. The molecule has 6 nitrogen and oxygen atoms in total. The third-order valence-electron chi connectivity index (χ3n) is 6.57. The van der Waals surface area contributed by atoms with E-state index >= 15 is 0 Å². The van der Waals surface area contributed by atoms with Crippen LogP contribution in [0.25, 0.3) is 11.0 Å². The summed E-state index contributed by atoms with van der Waals surface area (Å²) in [5.41, 5.74) is -0.111. The summed E-state index contributed by atoms with van der Waals surface area (Å²) in [5.74, 6) is 0. The van der Waals surface area contributed by atoms with Crippen LogP contribution in [-0.2, 0) is 22.6 Å². The highest BCUT2D eigenvalue weighted by Crippen LogP contribution is 2.36.